The van der Waals surface area contributed by atoms with E-state index in [0.29, 0.717) is 25.3 Å². The predicted octanol–water partition coefficient (Wildman–Crippen LogP) is 3.20. The van der Waals surface area contributed by atoms with Crippen molar-refractivity contribution in [3.05, 3.63) is 66.4 Å². The van der Waals surface area contributed by atoms with Gasteiger partial charge in [0.1, 0.15) is 17.5 Å². The maximum atomic E-state index is 13.5. The Labute approximate surface area is 198 Å². The molecule has 34 heavy (non-hydrogen) atoms. The lowest BCUT2D eigenvalue weighted by molar-refractivity contribution is -0.135. The van der Waals surface area contributed by atoms with E-state index >= 15 is 0 Å². The van der Waals surface area contributed by atoms with Gasteiger partial charge < -0.3 is 14.9 Å². The lowest BCUT2D eigenvalue weighted by Gasteiger charge is -2.46. The molecule has 1 saturated heterocycles. The molecule has 1 aliphatic heterocycles. The van der Waals surface area contributed by atoms with Gasteiger partial charge >= 0.3 is 0 Å². The zero-order valence-electron chi connectivity index (χ0n) is 19.2. The van der Waals surface area contributed by atoms with Crippen LogP contribution in [0.1, 0.15) is 35.8 Å². The molecule has 2 aromatic carbocycles. The van der Waals surface area contributed by atoms with Gasteiger partial charge in [-0.2, -0.15) is 5.10 Å². The van der Waals surface area contributed by atoms with Crippen LogP contribution in [0.15, 0.2) is 55.1 Å². The van der Waals surface area contributed by atoms with Crippen molar-refractivity contribution < 1.29 is 14.7 Å². The number of benzene rings is 2. The molecule has 3 N–H and O–H groups in total. The van der Waals surface area contributed by atoms with Gasteiger partial charge in [0.2, 0.25) is 5.91 Å². The molecule has 2 fully saturated rings. The molecule has 8 nitrogen and oxygen atoms in total. The fourth-order valence-corrected chi connectivity index (χ4v) is 4.76. The summed E-state index contributed by atoms with van der Waals surface area (Å²) in [4.78, 5) is 30.0. The van der Waals surface area contributed by atoms with E-state index in [2.05, 4.69) is 22.1 Å². The van der Waals surface area contributed by atoms with Crippen molar-refractivity contribution in [1.29, 1.82) is 0 Å². The van der Waals surface area contributed by atoms with Gasteiger partial charge in [-0.25, -0.2) is 0 Å². The number of carbonyl (C=O) groups excluding carboxylic acids is 2. The molecule has 0 radical (unpaired) electrons. The van der Waals surface area contributed by atoms with Crippen molar-refractivity contribution in [2.75, 3.05) is 18.0 Å². The Morgan fingerprint density at radius 3 is 2.74 bits per heavy atom. The lowest BCUT2D eigenvalue weighted by atomic mass is 10.0. The largest absolute Gasteiger partial charge is 0.508 e. The summed E-state index contributed by atoms with van der Waals surface area (Å²) in [6, 6.07) is 12.3. The van der Waals surface area contributed by atoms with Crippen LogP contribution in [-0.2, 0) is 11.3 Å². The maximum absolute atomic E-state index is 13.5. The molecular weight excluding hydrogens is 430 g/mol. The molecule has 1 saturated carbocycles. The van der Waals surface area contributed by atoms with E-state index in [0.717, 1.165) is 35.0 Å². The van der Waals surface area contributed by atoms with Crippen molar-refractivity contribution in [3.63, 3.8) is 0 Å². The number of nitrogens with one attached hydrogen (secondary N) is 2. The average molecular weight is 460 g/mol. The van der Waals surface area contributed by atoms with Gasteiger partial charge in [-0.3, -0.25) is 20.0 Å². The standard InChI is InChI=1S/C26H29N5O3/c1-3-13-27-22-15-30(26(34)16(2)31(22)19-9-11-20(32)12-10-19)14-18-5-4-6-21-23(18)28-29-24(21)25(33)17-7-8-17/h3-6,9-12,16-17,22,27,32H,1,7-8,13-15H2,2H3,(H,28,29)/t16-,22+/m0/s1. The first-order valence-corrected chi connectivity index (χ1v) is 11.7. The van der Waals surface area contributed by atoms with Gasteiger partial charge in [0.05, 0.1) is 18.2 Å². The molecule has 8 heteroatoms. The first-order chi connectivity index (χ1) is 16.5. The van der Waals surface area contributed by atoms with Crippen molar-refractivity contribution in [1.82, 2.24) is 20.4 Å². The molecule has 3 aromatic rings. The number of fused-ring (bicyclic) bond motifs is 1. The summed E-state index contributed by atoms with van der Waals surface area (Å²) in [5.74, 6) is 0.395. The van der Waals surface area contributed by atoms with Crippen molar-refractivity contribution >= 4 is 28.3 Å². The molecule has 0 bridgehead atoms. The van der Waals surface area contributed by atoms with Crippen LogP contribution < -0.4 is 10.2 Å². The second-order valence-electron chi connectivity index (χ2n) is 9.08. The van der Waals surface area contributed by atoms with Crippen LogP contribution in [0.25, 0.3) is 10.9 Å². The Kier molecular flexibility index (Phi) is 5.83. The molecule has 2 aliphatic rings. The number of H-pyrrole nitrogens is 1. The highest BCUT2D eigenvalue weighted by Gasteiger charge is 2.38. The molecule has 1 aromatic heterocycles. The van der Waals surface area contributed by atoms with Crippen LogP contribution in [0.2, 0.25) is 0 Å². The molecule has 0 unspecified atom stereocenters. The number of amides is 1. The Bertz CT molecular complexity index is 1230. The van der Waals surface area contributed by atoms with Crippen LogP contribution >= 0.6 is 0 Å². The van der Waals surface area contributed by atoms with E-state index in [-0.39, 0.29) is 29.5 Å². The Morgan fingerprint density at radius 1 is 1.26 bits per heavy atom. The Balaban J connectivity index is 1.42. The monoisotopic (exact) mass is 459 g/mol. The number of carbonyl (C=O) groups is 2. The van der Waals surface area contributed by atoms with Gasteiger partial charge in [0.15, 0.2) is 5.78 Å². The van der Waals surface area contributed by atoms with Crippen molar-refractivity contribution in [2.45, 2.75) is 38.5 Å². The van der Waals surface area contributed by atoms with Crippen LogP contribution in [0.4, 0.5) is 5.69 Å². The number of Topliss-reactive ketones (excluding diaryl/α,β-unsaturated/α-hetero) is 1. The van der Waals surface area contributed by atoms with E-state index in [9.17, 15) is 14.7 Å². The molecule has 2 atom stereocenters. The molecule has 2 heterocycles. The normalized spacial score (nSPS) is 20.7. The number of nitrogens with zero attached hydrogens (tertiary/aromatic N) is 3. The highest BCUT2D eigenvalue weighted by molar-refractivity contribution is 6.08. The Hall–Kier alpha value is -3.65. The lowest BCUT2D eigenvalue weighted by Crippen LogP contribution is -2.65. The zero-order valence-corrected chi connectivity index (χ0v) is 19.2. The third-order valence-corrected chi connectivity index (χ3v) is 6.69. The second-order valence-corrected chi connectivity index (χ2v) is 9.08. The minimum atomic E-state index is -0.409. The van der Waals surface area contributed by atoms with Gasteiger partial charge in [-0.05, 0) is 49.6 Å². The minimum absolute atomic E-state index is 0.00975. The zero-order chi connectivity index (χ0) is 23.8. The smallest absolute Gasteiger partial charge is 0.245 e. The number of rotatable bonds is 8. The number of hydrogen-bond acceptors (Lipinski definition) is 6. The minimum Gasteiger partial charge on any atom is -0.508 e. The first-order valence-electron chi connectivity index (χ1n) is 11.7. The van der Waals surface area contributed by atoms with Gasteiger partial charge in [-0.15, -0.1) is 6.58 Å². The molecule has 1 aliphatic carbocycles. The second kappa shape index (κ2) is 8.95. The van der Waals surface area contributed by atoms with Crippen LogP contribution in [0, 0.1) is 5.92 Å². The predicted molar refractivity (Wildman–Crippen MR) is 131 cm³/mol. The number of aromatic hydroxyl groups is 1. The quantitative estimate of drug-likeness (QED) is 0.353. The molecule has 0 spiro atoms. The third-order valence-electron chi connectivity index (χ3n) is 6.69. The summed E-state index contributed by atoms with van der Waals surface area (Å²) in [7, 11) is 0. The van der Waals surface area contributed by atoms with E-state index in [4.69, 9.17) is 0 Å². The summed E-state index contributed by atoms with van der Waals surface area (Å²) < 4.78 is 0. The highest BCUT2D eigenvalue weighted by Crippen LogP contribution is 2.34. The number of hydrogen-bond donors (Lipinski definition) is 3. The van der Waals surface area contributed by atoms with E-state index in [1.54, 1.807) is 18.2 Å². The fourth-order valence-electron chi connectivity index (χ4n) is 4.76. The highest BCUT2D eigenvalue weighted by atomic mass is 16.3. The van der Waals surface area contributed by atoms with Crippen LogP contribution in [0.5, 0.6) is 5.75 Å². The Morgan fingerprint density at radius 2 is 2.03 bits per heavy atom. The molecule has 176 valence electrons. The SMILES string of the molecule is C=CCN[C@H]1CN(Cc2cccc3c(C(=O)C4CC4)n[nH]c23)C(=O)[C@H](C)N1c1ccc(O)cc1. The first kappa shape index (κ1) is 22.2. The number of phenols is 1. The number of aromatic amines is 1. The molecule has 5 rings (SSSR count). The third kappa shape index (κ3) is 4.05. The number of phenolic OH excluding ortho intramolecular Hbond substituents is 1. The number of piperazine rings is 1. The summed E-state index contributed by atoms with van der Waals surface area (Å²) >= 11 is 0. The number of anilines is 1. The summed E-state index contributed by atoms with van der Waals surface area (Å²) in [5, 5.41) is 21.4. The number of para-hydroxylation sites is 1. The van der Waals surface area contributed by atoms with E-state index < -0.39 is 6.04 Å². The molecule has 1 amide bonds. The summed E-state index contributed by atoms with van der Waals surface area (Å²) in [6.07, 6.45) is 3.53. The average Bonchev–Trinajstić information content (AvgIpc) is 3.60. The van der Waals surface area contributed by atoms with Gasteiger partial charge in [-0.1, -0.05) is 24.3 Å². The summed E-state index contributed by atoms with van der Waals surface area (Å²) in [6.45, 7) is 7.18. The van der Waals surface area contributed by atoms with E-state index in [1.807, 2.05) is 47.1 Å². The topological polar surface area (TPSA) is 102 Å². The maximum Gasteiger partial charge on any atom is 0.245 e. The van der Waals surface area contributed by atoms with Crippen molar-refractivity contribution in [3.8, 4) is 5.75 Å². The van der Waals surface area contributed by atoms with Gasteiger partial charge in [0.25, 0.3) is 0 Å². The fraction of sp³-hybridized carbons (Fsp3) is 0.346. The van der Waals surface area contributed by atoms with E-state index in [1.165, 1.54) is 0 Å². The number of aromatic nitrogens is 2. The van der Waals surface area contributed by atoms with Crippen molar-refractivity contribution in [2.24, 2.45) is 5.92 Å². The summed E-state index contributed by atoms with van der Waals surface area (Å²) in [5.41, 5.74) is 3.10. The number of ketones is 1. The van der Waals surface area contributed by atoms with Gasteiger partial charge in [0, 0.05) is 30.1 Å². The van der Waals surface area contributed by atoms with Crippen LogP contribution in [0.3, 0.4) is 0 Å². The molecular formula is C26H29N5O3. The van der Waals surface area contributed by atoms with Crippen LogP contribution in [-0.4, -0.2) is 57.2 Å².